The molecule has 0 saturated heterocycles. The second kappa shape index (κ2) is 5.92. The van der Waals surface area contributed by atoms with Gasteiger partial charge in [0.2, 0.25) is 11.5 Å². The second-order valence-electron chi connectivity index (χ2n) is 5.18. The van der Waals surface area contributed by atoms with E-state index < -0.39 is 26.5 Å². The zero-order valence-electron chi connectivity index (χ0n) is 12.3. The molecule has 8 nitrogen and oxygen atoms in total. The lowest BCUT2D eigenvalue weighted by Gasteiger charge is -2.29. The predicted molar refractivity (Wildman–Crippen MR) is 87.7 cm³/mol. The van der Waals surface area contributed by atoms with Gasteiger partial charge in [-0.15, -0.1) is 0 Å². The Kier molecular flexibility index (Phi) is 4.20. The number of fused-ring (bicyclic) bond motifs is 1. The van der Waals surface area contributed by atoms with Gasteiger partial charge in [-0.25, -0.2) is 8.42 Å². The van der Waals surface area contributed by atoms with E-state index in [0.717, 1.165) is 0 Å². The van der Waals surface area contributed by atoms with Crippen LogP contribution in [-0.4, -0.2) is 42.4 Å². The summed E-state index contributed by atoms with van der Waals surface area (Å²) < 4.78 is 24.9. The molecular weight excluding hydrogens is 379 g/mol. The van der Waals surface area contributed by atoms with E-state index in [1.54, 1.807) is 24.3 Å². The average molecular weight is 391 g/mol. The quantitative estimate of drug-likeness (QED) is 0.756. The zero-order chi connectivity index (χ0) is 17.6. The summed E-state index contributed by atoms with van der Waals surface area (Å²) in [4.78, 5) is 17.4. The largest absolute Gasteiger partial charge is 0.356 e. The third kappa shape index (κ3) is 2.95. The van der Waals surface area contributed by atoms with E-state index in [9.17, 15) is 18.3 Å². The van der Waals surface area contributed by atoms with E-state index in [2.05, 4.69) is 10.3 Å². The first-order chi connectivity index (χ1) is 11.2. The molecule has 0 radical (unpaired) electrons. The molecular formula is C13H12Cl2N4O4S. The van der Waals surface area contributed by atoms with Crippen molar-refractivity contribution in [3.05, 3.63) is 40.5 Å². The van der Waals surface area contributed by atoms with Crippen molar-refractivity contribution >= 4 is 43.1 Å². The number of aliphatic hydroxyl groups excluding tert-OH is 1. The number of hydrogen-bond donors (Lipinski definition) is 2. The first-order valence-corrected chi connectivity index (χ1v) is 9.38. The summed E-state index contributed by atoms with van der Waals surface area (Å²) in [6.45, 7) is 0.0398. The van der Waals surface area contributed by atoms with Gasteiger partial charge in [0.05, 0.1) is 6.54 Å². The first kappa shape index (κ1) is 17.0. The lowest BCUT2D eigenvalue weighted by atomic mass is 10.2. The van der Waals surface area contributed by atoms with Crippen molar-refractivity contribution in [2.24, 2.45) is 0 Å². The predicted octanol–water partition coefficient (Wildman–Crippen LogP) is 0.968. The Morgan fingerprint density at radius 1 is 1.33 bits per heavy atom. The van der Waals surface area contributed by atoms with Gasteiger partial charge in [0.25, 0.3) is 15.0 Å². The maximum absolute atomic E-state index is 12.2. The molecule has 3 rings (SSSR count). The van der Waals surface area contributed by atoms with Gasteiger partial charge >= 0.3 is 0 Å². The minimum Gasteiger partial charge on any atom is -0.356 e. The normalized spacial score (nSPS) is 17.6. The molecule has 1 amide bonds. The number of benzene rings is 1. The van der Waals surface area contributed by atoms with Gasteiger partial charge in [-0.1, -0.05) is 23.7 Å². The number of anilines is 1. The summed E-state index contributed by atoms with van der Waals surface area (Å²) in [6.07, 6.45) is -1.31. The fourth-order valence-corrected chi connectivity index (χ4v) is 3.49. The molecule has 0 aliphatic carbocycles. The van der Waals surface area contributed by atoms with E-state index in [1.165, 1.54) is 16.5 Å². The van der Waals surface area contributed by atoms with Crippen LogP contribution < -0.4 is 10.2 Å². The molecule has 0 spiro atoms. The maximum atomic E-state index is 12.2. The van der Waals surface area contributed by atoms with Crippen LogP contribution in [0.2, 0.25) is 5.02 Å². The lowest BCUT2D eigenvalue weighted by Crippen LogP contribution is -2.51. The highest BCUT2D eigenvalue weighted by Gasteiger charge is 2.36. The molecule has 24 heavy (non-hydrogen) atoms. The minimum absolute atomic E-state index is 0.00280. The summed E-state index contributed by atoms with van der Waals surface area (Å²) in [7, 11) is 2.72. The summed E-state index contributed by atoms with van der Waals surface area (Å²) in [5.41, 5.74) is 0.694. The van der Waals surface area contributed by atoms with Crippen LogP contribution in [0.1, 0.15) is 16.1 Å². The van der Waals surface area contributed by atoms with E-state index in [-0.39, 0.29) is 18.1 Å². The molecule has 1 aromatic heterocycles. The topological polar surface area (TPSA) is 105 Å². The van der Waals surface area contributed by atoms with Crippen LogP contribution in [0.25, 0.3) is 0 Å². The number of imidazole rings is 1. The van der Waals surface area contributed by atoms with Crippen molar-refractivity contribution in [2.75, 3.05) is 11.9 Å². The number of halogens is 2. The van der Waals surface area contributed by atoms with Crippen LogP contribution >= 0.6 is 22.3 Å². The number of nitrogens with one attached hydrogen (secondary N) is 1. The lowest BCUT2D eigenvalue weighted by molar-refractivity contribution is 0.0746. The van der Waals surface area contributed by atoms with Crippen LogP contribution in [0.5, 0.6) is 0 Å². The van der Waals surface area contributed by atoms with Gasteiger partial charge in [-0.2, -0.15) is 4.98 Å². The van der Waals surface area contributed by atoms with Crippen LogP contribution in [0.3, 0.4) is 0 Å². The van der Waals surface area contributed by atoms with E-state index >= 15 is 0 Å². The Balaban J connectivity index is 2.18. The van der Waals surface area contributed by atoms with Gasteiger partial charge < -0.3 is 19.9 Å². The van der Waals surface area contributed by atoms with Crippen molar-refractivity contribution in [1.82, 2.24) is 14.9 Å². The Labute approximate surface area is 147 Å². The molecule has 2 aromatic rings. The van der Waals surface area contributed by atoms with E-state index in [4.69, 9.17) is 22.3 Å². The Morgan fingerprint density at radius 3 is 2.54 bits per heavy atom. The number of nitrogens with zero attached hydrogens (tertiary/aromatic N) is 3. The molecule has 128 valence electrons. The van der Waals surface area contributed by atoms with Gasteiger partial charge in [0.15, 0.2) is 11.5 Å². The molecule has 1 aromatic carbocycles. The maximum Gasteiger partial charge on any atom is 0.295 e. The van der Waals surface area contributed by atoms with E-state index in [1.807, 2.05) is 0 Å². The molecule has 11 heteroatoms. The minimum atomic E-state index is -4.21. The number of aliphatic hydroxyl groups is 1. The van der Waals surface area contributed by atoms with Crippen LogP contribution in [-0.2, 0) is 15.6 Å². The fraction of sp³-hybridized carbons (Fsp3) is 0.231. The third-order valence-corrected chi connectivity index (χ3v) is 4.98. The Morgan fingerprint density at radius 2 is 1.96 bits per heavy atom. The van der Waals surface area contributed by atoms with Gasteiger partial charge in [0, 0.05) is 22.8 Å². The number of carbonyl (C=O) groups is 1. The average Bonchev–Trinajstić information content (AvgIpc) is 2.87. The zero-order valence-corrected chi connectivity index (χ0v) is 14.6. The molecule has 2 heterocycles. The molecule has 1 unspecified atom stereocenters. The summed E-state index contributed by atoms with van der Waals surface area (Å²) >= 11 is 5.84. The van der Waals surface area contributed by atoms with Crippen LogP contribution in [0.15, 0.2) is 29.4 Å². The number of hydrogen-bond acceptors (Lipinski definition) is 6. The fourth-order valence-electron chi connectivity index (χ4n) is 2.39. The second-order valence-corrected chi connectivity index (χ2v) is 8.07. The number of amides is 1. The highest BCUT2D eigenvalue weighted by Crippen LogP contribution is 2.29. The van der Waals surface area contributed by atoms with Crippen molar-refractivity contribution in [1.29, 1.82) is 0 Å². The van der Waals surface area contributed by atoms with Crippen molar-refractivity contribution < 1.29 is 18.3 Å². The summed E-state index contributed by atoms with van der Waals surface area (Å²) in [5.74, 6) is -0.622. The highest BCUT2D eigenvalue weighted by molar-refractivity contribution is 8.13. The van der Waals surface area contributed by atoms with Crippen molar-refractivity contribution in [3.8, 4) is 0 Å². The molecule has 0 saturated carbocycles. The number of rotatable bonds is 3. The van der Waals surface area contributed by atoms with Gasteiger partial charge in [-0.05, 0) is 17.7 Å². The molecule has 0 bridgehead atoms. The van der Waals surface area contributed by atoms with Gasteiger partial charge in [0.1, 0.15) is 0 Å². The molecule has 0 fully saturated rings. The monoisotopic (exact) mass is 390 g/mol. The molecule has 1 atom stereocenters. The number of carbonyl (C=O) groups excluding carboxylic acids is 1. The smallest absolute Gasteiger partial charge is 0.295 e. The SMILES string of the molecule is CN1c2nc(S(=O)(=O)Cl)n(Cc3ccc(Cl)cc3)c2C(=O)NC1O. The first-order valence-electron chi connectivity index (χ1n) is 6.70. The van der Waals surface area contributed by atoms with Crippen molar-refractivity contribution in [3.63, 3.8) is 0 Å². The van der Waals surface area contributed by atoms with E-state index in [0.29, 0.717) is 10.6 Å². The highest BCUT2D eigenvalue weighted by atomic mass is 35.7. The Bertz CT molecular complexity index is 911. The molecule has 1 aliphatic heterocycles. The Hall–Kier alpha value is -1.81. The van der Waals surface area contributed by atoms with Gasteiger partial charge in [-0.3, -0.25) is 4.79 Å². The molecule has 1 aliphatic rings. The standard InChI is InChI=1S/C13H12Cl2N4O4S/c1-18-10-9(11(20)17-12(18)21)19(13(16-10)24(15,22)23)6-7-2-4-8(14)5-3-7/h2-5,12,21H,6H2,1H3,(H,17,20). The summed E-state index contributed by atoms with van der Waals surface area (Å²) in [6, 6.07) is 6.67. The van der Waals surface area contributed by atoms with Crippen molar-refractivity contribution in [2.45, 2.75) is 18.1 Å². The van der Waals surface area contributed by atoms with Crippen LogP contribution in [0, 0.1) is 0 Å². The third-order valence-electron chi connectivity index (χ3n) is 3.56. The van der Waals surface area contributed by atoms with Crippen LogP contribution in [0.4, 0.5) is 5.82 Å². The summed E-state index contributed by atoms with van der Waals surface area (Å²) in [5, 5.41) is 12.1. The molecule has 2 N–H and O–H groups in total. The number of aromatic nitrogens is 2.